The summed E-state index contributed by atoms with van der Waals surface area (Å²) in [4.78, 5) is 106. The fraction of sp³-hybridized carbons (Fsp3) is 0.702. The van der Waals surface area contributed by atoms with E-state index in [2.05, 4.69) is 56.2 Å². The Kier molecular flexibility index (Phi) is 28.5. The summed E-state index contributed by atoms with van der Waals surface area (Å²) >= 11 is 0. The van der Waals surface area contributed by atoms with Gasteiger partial charge in [0.05, 0.1) is 25.3 Å². The van der Waals surface area contributed by atoms with Gasteiger partial charge in [-0.3, -0.25) is 38.4 Å². The van der Waals surface area contributed by atoms with Gasteiger partial charge in [-0.15, -0.1) is 0 Å². The van der Waals surface area contributed by atoms with Gasteiger partial charge in [0.25, 0.3) is 0 Å². The van der Waals surface area contributed by atoms with Gasteiger partial charge in [0.1, 0.15) is 12.1 Å². The molecule has 0 saturated carbocycles. The summed E-state index contributed by atoms with van der Waals surface area (Å²) in [7, 11) is 0. The molecule has 0 bridgehead atoms. The topological polar surface area (TPSA) is 305 Å². The first-order valence-electron chi connectivity index (χ1n) is 23.8. The lowest BCUT2D eigenvalue weighted by atomic mass is 9.93. The second-order valence-corrected chi connectivity index (χ2v) is 17.2. The average molecular weight is 930 g/mol. The van der Waals surface area contributed by atoms with Crippen LogP contribution in [0.4, 0.5) is 0 Å². The molecule has 1 aliphatic heterocycles. The van der Waals surface area contributed by atoms with Crippen molar-refractivity contribution in [2.24, 2.45) is 35.0 Å². The van der Waals surface area contributed by atoms with Crippen molar-refractivity contribution < 1.29 is 47.8 Å². The minimum absolute atomic E-state index is 0.0283. The van der Waals surface area contributed by atoms with Gasteiger partial charge in [-0.25, -0.2) is 0 Å². The molecule has 0 unspecified atom stereocenters. The highest BCUT2D eigenvalue weighted by Gasteiger charge is 2.32. The van der Waals surface area contributed by atoms with E-state index in [1.54, 1.807) is 6.92 Å². The molecule has 372 valence electrons. The maximum atomic E-state index is 13.9. The first kappa shape index (κ1) is 57.3. The van der Waals surface area contributed by atoms with E-state index in [4.69, 9.17) is 26.7 Å². The summed E-state index contributed by atoms with van der Waals surface area (Å²) in [5.74, 6) is -5.89. The van der Waals surface area contributed by atoms with Crippen LogP contribution < -0.4 is 49.1 Å². The third kappa shape index (κ3) is 22.6. The number of carbonyl (C=O) groups excluding carboxylic acids is 8. The summed E-state index contributed by atoms with van der Waals surface area (Å²) < 4.78 is 11.0. The number of hydrogen-bond donors (Lipinski definition) is 9. The Morgan fingerprint density at radius 3 is 1.74 bits per heavy atom. The Morgan fingerprint density at radius 2 is 1.15 bits per heavy atom. The van der Waals surface area contributed by atoms with Crippen molar-refractivity contribution in [1.82, 2.24) is 31.9 Å². The van der Waals surface area contributed by atoms with Gasteiger partial charge < -0.3 is 58.6 Å². The number of ether oxygens (including phenoxy) is 2. The molecular weight excluding hydrogens is 851 g/mol. The number of carbonyl (C=O) groups is 8. The van der Waals surface area contributed by atoms with E-state index >= 15 is 0 Å². The van der Waals surface area contributed by atoms with Crippen LogP contribution in [0.5, 0.6) is 0 Å². The molecule has 6 amide bonds. The SMILES string of the molecule is CCCOCCNC(=O)CCOCCCc1ccc(CCC[C@H]2CCNC(=O)[C@H](C)CC(=O)[C@H](CCN)NC(=O)[C@H](CCN)NC(=O)[C@H](C)NC(=O)[C@@H](C)CC(=O)[C@H](CCN)NC2=O)cc1. The molecule has 1 fully saturated rings. The van der Waals surface area contributed by atoms with Crippen molar-refractivity contribution in [2.45, 2.75) is 135 Å². The minimum atomic E-state index is -1.13. The number of nitrogens with two attached hydrogens (primary N) is 3. The van der Waals surface area contributed by atoms with Crippen LogP contribution in [0.3, 0.4) is 0 Å². The highest BCUT2D eigenvalue weighted by molar-refractivity contribution is 5.97. The maximum Gasteiger partial charge on any atom is 0.243 e. The molecule has 1 aliphatic rings. The molecule has 7 atom stereocenters. The lowest BCUT2D eigenvalue weighted by molar-refractivity contribution is -0.135. The highest BCUT2D eigenvalue weighted by atomic mass is 16.5. The second-order valence-electron chi connectivity index (χ2n) is 17.2. The van der Waals surface area contributed by atoms with Crippen LogP contribution in [-0.2, 0) is 60.7 Å². The maximum absolute atomic E-state index is 13.9. The van der Waals surface area contributed by atoms with Crippen molar-refractivity contribution in [3.8, 4) is 0 Å². The monoisotopic (exact) mass is 930 g/mol. The van der Waals surface area contributed by atoms with E-state index in [0.29, 0.717) is 58.7 Å². The largest absolute Gasteiger partial charge is 0.381 e. The molecule has 0 aromatic heterocycles. The lowest BCUT2D eigenvalue weighted by Gasteiger charge is -2.25. The Balaban J connectivity index is 2.13. The predicted octanol–water partition coefficient (Wildman–Crippen LogP) is 0.224. The number of hydrogen-bond acceptors (Lipinski definition) is 13. The zero-order valence-electron chi connectivity index (χ0n) is 39.7. The van der Waals surface area contributed by atoms with Gasteiger partial charge in [0.15, 0.2) is 11.6 Å². The van der Waals surface area contributed by atoms with Crippen LogP contribution in [0.1, 0.15) is 109 Å². The number of aryl methyl sites for hydroxylation is 2. The zero-order chi connectivity index (χ0) is 48.9. The molecule has 2 rings (SSSR count). The number of Topliss-reactive ketones (excluding diaryl/α,β-unsaturated/α-hetero) is 2. The van der Waals surface area contributed by atoms with Gasteiger partial charge in [-0.05, 0) is 102 Å². The van der Waals surface area contributed by atoms with Gasteiger partial charge >= 0.3 is 0 Å². The second kappa shape index (κ2) is 32.8. The molecule has 19 heteroatoms. The molecule has 0 aliphatic carbocycles. The standard InChI is InChI=1S/C47H79N9O10/c1-5-25-65-28-24-51-42(59)19-27-66-26-7-9-35-13-11-34(12-14-35)8-6-10-36-18-23-52-43(60)31(2)29-40(57)38(16-21-49)55-47(64)39(17-22-50)56-45(62)33(4)53-44(61)32(3)30-41(58)37(15-20-48)54-46(36)63/h11-14,31-33,36-39H,5-10,15-30,48-50H2,1-4H3,(H,51,59)(H,52,60)(H,53,61)(H,54,63)(H,55,64)(H,56,62)/t31-,32+,33+,36+,37+,38+,39+/m1/s1. The van der Waals surface area contributed by atoms with Gasteiger partial charge in [0, 0.05) is 63.3 Å². The normalized spacial score (nSPS) is 23.6. The van der Waals surface area contributed by atoms with Crippen LogP contribution in [0.2, 0.25) is 0 Å². The van der Waals surface area contributed by atoms with Crippen LogP contribution in [0, 0.1) is 17.8 Å². The molecule has 1 saturated heterocycles. The van der Waals surface area contributed by atoms with Crippen LogP contribution in [-0.4, -0.2) is 130 Å². The number of ketones is 2. The Bertz CT molecular complexity index is 1680. The summed E-state index contributed by atoms with van der Waals surface area (Å²) in [6, 6.07) is 3.99. The van der Waals surface area contributed by atoms with E-state index in [0.717, 1.165) is 30.4 Å². The van der Waals surface area contributed by atoms with Crippen molar-refractivity contribution in [2.75, 3.05) is 59.2 Å². The van der Waals surface area contributed by atoms with Crippen molar-refractivity contribution in [3.63, 3.8) is 0 Å². The van der Waals surface area contributed by atoms with Crippen molar-refractivity contribution in [1.29, 1.82) is 0 Å². The summed E-state index contributed by atoms with van der Waals surface area (Å²) in [5.41, 5.74) is 19.6. The first-order chi connectivity index (χ1) is 31.6. The number of amides is 6. The number of nitrogens with one attached hydrogen (secondary N) is 6. The molecule has 0 radical (unpaired) electrons. The smallest absolute Gasteiger partial charge is 0.243 e. The third-order valence-corrected chi connectivity index (χ3v) is 11.4. The Labute approximate surface area is 390 Å². The van der Waals surface area contributed by atoms with E-state index in [1.165, 1.54) is 13.8 Å². The predicted molar refractivity (Wildman–Crippen MR) is 250 cm³/mol. The molecule has 66 heavy (non-hydrogen) atoms. The third-order valence-electron chi connectivity index (χ3n) is 11.4. The molecule has 1 heterocycles. The summed E-state index contributed by atoms with van der Waals surface area (Å²) in [6.07, 6.45) is 4.64. The molecule has 12 N–H and O–H groups in total. The van der Waals surface area contributed by atoms with Crippen LogP contribution in [0.15, 0.2) is 24.3 Å². The number of rotatable bonds is 22. The molecule has 1 aromatic carbocycles. The van der Waals surface area contributed by atoms with Crippen LogP contribution in [0.25, 0.3) is 0 Å². The minimum Gasteiger partial charge on any atom is -0.381 e. The zero-order valence-corrected chi connectivity index (χ0v) is 39.7. The van der Waals surface area contributed by atoms with E-state index in [-0.39, 0.29) is 76.5 Å². The fourth-order valence-electron chi connectivity index (χ4n) is 7.37. The van der Waals surface area contributed by atoms with Gasteiger partial charge in [0.2, 0.25) is 35.4 Å². The first-order valence-corrected chi connectivity index (χ1v) is 23.8. The molecular formula is C47H79N9O10. The highest BCUT2D eigenvalue weighted by Crippen LogP contribution is 2.18. The molecule has 19 nitrogen and oxygen atoms in total. The Hall–Kier alpha value is -4.82. The van der Waals surface area contributed by atoms with E-state index in [9.17, 15) is 38.4 Å². The van der Waals surface area contributed by atoms with E-state index < -0.39 is 77.1 Å². The lowest BCUT2D eigenvalue weighted by Crippen LogP contribution is -2.56. The fourth-order valence-corrected chi connectivity index (χ4v) is 7.37. The average Bonchev–Trinajstić information content (AvgIpc) is 3.28. The molecule has 0 spiro atoms. The van der Waals surface area contributed by atoms with E-state index in [1.807, 2.05) is 6.92 Å². The summed E-state index contributed by atoms with van der Waals surface area (Å²) in [6.45, 7) is 9.43. The van der Waals surface area contributed by atoms with Crippen LogP contribution >= 0.6 is 0 Å². The molecule has 1 aromatic rings. The van der Waals surface area contributed by atoms with Crippen molar-refractivity contribution >= 4 is 47.0 Å². The van der Waals surface area contributed by atoms with Gasteiger partial charge in [-0.1, -0.05) is 45.0 Å². The van der Waals surface area contributed by atoms with Crippen molar-refractivity contribution in [3.05, 3.63) is 35.4 Å². The Morgan fingerprint density at radius 1 is 0.621 bits per heavy atom. The quantitative estimate of drug-likeness (QED) is 0.0705. The summed E-state index contributed by atoms with van der Waals surface area (Å²) in [5, 5.41) is 16.4. The number of benzene rings is 1. The van der Waals surface area contributed by atoms with Gasteiger partial charge in [-0.2, -0.15) is 0 Å².